The summed E-state index contributed by atoms with van der Waals surface area (Å²) in [5.74, 6) is 0. The van der Waals surface area contributed by atoms with Gasteiger partial charge in [-0.25, -0.2) is 18.1 Å². The minimum absolute atomic E-state index is 0.0898. The maximum absolute atomic E-state index is 12.1. The van der Waals surface area contributed by atoms with Crippen molar-refractivity contribution in [3.05, 3.63) is 48.0 Å². The molecule has 6 nitrogen and oxygen atoms in total. The summed E-state index contributed by atoms with van der Waals surface area (Å²) in [5.41, 5.74) is 1.04. The molecule has 0 fully saturated rings. The lowest BCUT2D eigenvalue weighted by molar-refractivity contribution is 0.278. The van der Waals surface area contributed by atoms with E-state index in [1.54, 1.807) is 24.4 Å². The highest BCUT2D eigenvalue weighted by Gasteiger charge is 2.17. The van der Waals surface area contributed by atoms with Crippen molar-refractivity contribution >= 4 is 10.0 Å². The monoisotopic (exact) mass is 267 g/mol. The minimum Gasteiger partial charge on any atom is -0.392 e. The molecular formula is C11H13N3O3S. The molecule has 7 heteroatoms. The predicted octanol–water partition coefficient (Wildman–Crippen LogP) is 0.380. The molecule has 96 valence electrons. The molecule has 0 amide bonds. The molecule has 1 heterocycles. The summed E-state index contributed by atoms with van der Waals surface area (Å²) in [6.45, 7) is -0.191. The highest BCUT2D eigenvalue weighted by Crippen LogP contribution is 2.15. The number of hydrogen-bond acceptors (Lipinski definition) is 4. The van der Waals surface area contributed by atoms with Crippen LogP contribution in [0.3, 0.4) is 0 Å². The second-order valence-corrected chi connectivity index (χ2v) is 5.40. The van der Waals surface area contributed by atoms with E-state index in [4.69, 9.17) is 5.11 Å². The van der Waals surface area contributed by atoms with E-state index in [0.29, 0.717) is 11.3 Å². The van der Waals surface area contributed by atoms with Gasteiger partial charge in [0.2, 0.25) is 10.0 Å². The first-order valence-corrected chi connectivity index (χ1v) is 6.77. The van der Waals surface area contributed by atoms with Crippen molar-refractivity contribution in [2.45, 2.75) is 18.0 Å². The number of imidazole rings is 1. The summed E-state index contributed by atoms with van der Waals surface area (Å²) in [6.07, 6.45) is 3.02. The van der Waals surface area contributed by atoms with Crippen molar-refractivity contribution in [3.63, 3.8) is 0 Å². The zero-order valence-electron chi connectivity index (χ0n) is 9.50. The van der Waals surface area contributed by atoms with E-state index in [0.717, 1.165) is 0 Å². The van der Waals surface area contributed by atoms with Crippen LogP contribution < -0.4 is 4.72 Å². The molecule has 0 aliphatic rings. The van der Waals surface area contributed by atoms with Crippen LogP contribution >= 0.6 is 0 Å². The summed E-state index contributed by atoms with van der Waals surface area (Å²) in [4.78, 5) is 6.69. The van der Waals surface area contributed by atoms with Crippen LogP contribution in [0.15, 0.2) is 41.7 Å². The topological polar surface area (TPSA) is 95.1 Å². The summed E-state index contributed by atoms with van der Waals surface area (Å²) in [7, 11) is -3.64. The third-order valence-electron chi connectivity index (χ3n) is 2.44. The number of nitrogens with one attached hydrogen (secondary N) is 2. The Bertz CT molecular complexity index is 608. The molecule has 0 atom stereocenters. The molecule has 2 rings (SSSR count). The summed E-state index contributed by atoms with van der Waals surface area (Å²) < 4.78 is 26.5. The average molecular weight is 267 g/mol. The Hall–Kier alpha value is -1.70. The number of rotatable bonds is 5. The Morgan fingerprint density at radius 1 is 1.33 bits per heavy atom. The van der Waals surface area contributed by atoms with Gasteiger partial charge in [-0.05, 0) is 11.6 Å². The first-order chi connectivity index (χ1) is 8.63. The second kappa shape index (κ2) is 5.30. The normalized spacial score (nSPS) is 11.6. The van der Waals surface area contributed by atoms with Gasteiger partial charge in [-0.2, -0.15) is 0 Å². The van der Waals surface area contributed by atoms with Crippen molar-refractivity contribution < 1.29 is 13.5 Å². The van der Waals surface area contributed by atoms with Crippen LogP contribution in [0.1, 0.15) is 11.3 Å². The second-order valence-electron chi connectivity index (χ2n) is 3.67. The number of nitrogens with zero attached hydrogens (tertiary/aromatic N) is 1. The molecule has 0 spiro atoms. The fourth-order valence-corrected chi connectivity index (χ4v) is 2.76. The smallest absolute Gasteiger partial charge is 0.241 e. The van der Waals surface area contributed by atoms with Crippen LogP contribution in [0, 0.1) is 0 Å². The van der Waals surface area contributed by atoms with Gasteiger partial charge >= 0.3 is 0 Å². The van der Waals surface area contributed by atoms with Crippen molar-refractivity contribution in [1.29, 1.82) is 0 Å². The van der Waals surface area contributed by atoms with Crippen molar-refractivity contribution in [2.24, 2.45) is 0 Å². The molecule has 0 aliphatic carbocycles. The Morgan fingerprint density at radius 2 is 2.11 bits per heavy atom. The molecular weight excluding hydrogens is 254 g/mol. The predicted molar refractivity (Wildman–Crippen MR) is 65.0 cm³/mol. The van der Waals surface area contributed by atoms with E-state index in [-0.39, 0.29) is 18.0 Å². The number of benzene rings is 1. The number of aromatic amines is 1. The largest absolute Gasteiger partial charge is 0.392 e. The van der Waals surface area contributed by atoms with Crippen LogP contribution in [-0.4, -0.2) is 23.5 Å². The fraction of sp³-hybridized carbons (Fsp3) is 0.182. The average Bonchev–Trinajstić information content (AvgIpc) is 2.89. The maximum atomic E-state index is 12.1. The van der Waals surface area contributed by atoms with Gasteiger partial charge in [-0.3, -0.25) is 0 Å². The summed E-state index contributed by atoms with van der Waals surface area (Å²) >= 11 is 0. The first-order valence-electron chi connectivity index (χ1n) is 5.29. The third kappa shape index (κ3) is 2.76. The lowest BCUT2D eigenvalue weighted by atomic mass is 10.2. The van der Waals surface area contributed by atoms with Crippen LogP contribution in [0.5, 0.6) is 0 Å². The van der Waals surface area contributed by atoms with Crippen LogP contribution in [0.4, 0.5) is 0 Å². The Balaban J connectivity index is 2.20. The van der Waals surface area contributed by atoms with Gasteiger partial charge in [0.05, 0.1) is 24.4 Å². The minimum atomic E-state index is -3.64. The first kappa shape index (κ1) is 12.7. The third-order valence-corrected chi connectivity index (χ3v) is 3.94. The van der Waals surface area contributed by atoms with Gasteiger partial charge in [-0.1, -0.05) is 18.2 Å². The SMILES string of the molecule is O=S(=O)(NCc1cnc[nH]1)c1ccccc1CO. The Morgan fingerprint density at radius 3 is 2.78 bits per heavy atom. The van der Waals surface area contributed by atoms with Crippen molar-refractivity contribution in [2.75, 3.05) is 0 Å². The number of aromatic nitrogens is 2. The van der Waals surface area contributed by atoms with E-state index in [1.807, 2.05) is 0 Å². The zero-order chi connectivity index (χ0) is 13.0. The van der Waals surface area contributed by atoms with Crippen LogP contribution in [0.2, 0.25) is 0 Å². The maximum Gasteiger partial charge on any atom is 0.241 e. The molecule has 0 saturated carbocycles. The van der Waals surface area contributed by atoms with Gasteiger partial charge in [0.25, 0.3) is 0 Å². The molecule has 0 bridgehead atoms. The summed E-state index contributed by atoms with van der Waals surface area (Å²) in [5, 5.41) is 9.13. The Labute approximate surface area is 105 Å². The number of sulfonamides is 1. The van der Waals surface area contributed by atoms with Crippen molar-refractivity contribution in [3.8, 4) is 0 Å². The molecule has 3 N–H and O–H groups in total. The van der Waals surface area contributed by atoms with E-state index < -0.39 is 10.0 Å². The lowest BCUT2D eigenvalue weighted by Gasteiger charge is -2.09. The quantitative estimate of drug-likeness (QED) is 0.730. The fourth-order valence-electron chi connectivity index (χ4n) is 1.53. The van der Waals surface area contributed by atoms with E-state index in [9.17, 15) is 8.42 Å². The molecule has 0 unspecified atom stereocenters. The molecule has 18 heavy (non-hydrogen) atoms. The van der Waals surface area contributed by atoms with E-state index >= 15 is 0 Å². The molecule has 0 radical (unpaired) electrons. The van der Waals surface area contributed by atoms with Crippen molar-refractivity contribution in [1.82, 2.24) is 14.7 Å². The number of H-pyrrole nitrogens is 1. The summed E-state index contributed by atoms with van der Waals surface area (Å²) in [6, 6.07) is 6.33. The number of hydrogen-bond donors (Lipinski definition) is 3. The number of aliphatic hydroxyl groups excluding tert-OH is 1. The lowest BCUT2D eigenvalue weighted by Crippen LogP contribution is -2.24. The highest BCUT2D eigenvalue weighted by molar-refractivity contribution is 7.89. The molecule has 1 aromatic heterocycles. The number of aliphatic hydroxyl groups is 1. The Kier molecular flexibility index (Phi) is 3.75. The molecule has 1 aromatic carbocycles. The van der Waals surface area contributed by atoms with E-state index in [2.05, 4.69) is 14.7 Å². The standard InChI is InChI=1S/C11H13N3O3S/c15-7-9-3-1-2-4-11(9)18(16,17)14-6-10-5-12-8-13-10/h1-5,8,14-15H,6-7H2,(H,12,13). The van der Waals surface area contributed by atoms with Gasteiger partial charge in [0.15, 0.2) is 0 Å². The highest BCUT2D eigenvalue weighted by atomic mass is 32.2. The molecule has 2 aromatic rings. The van der Waals surface area contributed by atoms with Crippen LogP contribution in [0.25, 0.3) is 0 Å². The molecule has 0 aliphatic heterocycles. The molecule has 0 saturated heterocycles. The van der Waals surface area contributed by atoms with Gasteiger partial charge in [0.1, 0.15) is 0 Å². The van der Waals surface area contributed by atoms with Crippen LogP contribution in [-0.2, 0) is 23.2 Å². The van der Waals surface area contributed by atoms with E-state index in [1.165, 1.54) is 12.4 Å². The zero-order valence-corrected chi connectivity index (χ0v) is 10.3. The van der Waals surface area contributed by atoms with Gasteiger partial charge < -0.3 is 10.1 Å². The van der Waals surface area contributed by atoms with Gasteiger partial charge in [-0.15, -0.1) is 0 Å². The van der Waals surface area contributed by atoms with Gasteiger partial charge in [0, 0.05) is 11.9 Å².